The number of benzene rings is 2. The van der Waals surface area contributed by atoms with Crippen molar-refractivity contribution in [2.45, 2.75) is 32.3 Å². The normalized spacial score (nSPS) is 16.9. The molecule has 0 saturated carbocycles. The van der Waals surface area contributed by atoms with Gasteiger partial charge in [0, 0.05) is 25.9 Å². The summed E-state index contributed by atoms with van der Waals surface area (Å²) in [5.41, 5.74) is 4.16. The topological polar surface area (TPSA) is 69.2 Å². The molecule has 0 bridgehead atoms. The molecule has 2 heterocycles. The van der Waals surface area contributed by atoms with Crippen LogP contribution in [0.3, 0.4) is 0 Å². The number of aliphatic hydroxyl groups excluding tert-OH is 1. The number of carbonyl (C=O) groups is 1. The molecule has 27 heavy (non-hydrogen) atoms. The maximum Gasteiger partial charge on any atom is 0.223 e. The molecule has 5 nitrogen and oxygen atoms in total. The molecule has 2 N–H and O–H groups in total. The van der Waals surface area contributed by atoms with Crippen molar-refractivity contribution < 1.29 is 9.90 Å². The summed E-state index contributed by atoms with van der Waals surface area (Å²) >= 11 is 0. The summed E-state index contributed by atoms with van der Waals surface area (Å²) in [6.45, 7) is 1.73. The van der Waals surface area contributed by atoms with E-state index in [0.29, 0.717) is 18.8 Å². The number of H-pyrrole nitrogens is 1. The Morgan fingerprint density at radius 3 is 2.89 bits per heavy atom. The number of fused-ring (bicyclic) bond motifs is 1. The number of para-hydroxylation sites is 2. The van der Waals surface area contributed by atoms with Crippen LogP contribution in [0, 0.1) is 5.92 Å². The third kappa shape index (κ3) is 4.19. The van der Waals surface area contributed by atoms with Crippen LogP contribution in [-0.2, 0) is 24.2 Å². The zero-order chi connectivity index (χ0) is 18.6. The number of nitrogens with zero attached hydrogens (tertiary/aromatic N) is 2. The number of aromatic amines is 1. The molecule has 4 rings (SSSR count). The van der Waals surface area contributed by atoms with Crippen molar-refractivity contribution in [1.82, 2.24) is 14.9 Å². The van der Waals surface area contributed by atoms with Crippen molar-refractivity contribution >= 4 is 16.9 Å². The Bertz CT molecular complexity index is 901. The number of hydrogen-bond acceptors (Lipinski definition) is 3. The van der Waals surface area contributed by atoms with Crippen LogP contribution in [0.25, 0.3) is 11.0 Å². The van der Waals surface area contributed by atoms with Gasteiger partial charge in [0.2, 0.25) is 5.91 Å². The largest absolute Gasteiger partial charge is 0.392 e. The van der Waals surface area contributed by atoms with E-state index in [9.17, 15) is 9.90 Å². The average molecular weight is 363 g/mol. The molecule has 1 amide bonds. The van der Waals surface area contributed by atoms with Crippen molar-refractivity contribution in [2.75, 3.05) is 13.1 Å². The molecule has 1 saturated heterocycles. The fourth-order valence-corrected chi connectivity index (χ4v) is 3.92. The Morgan fingerprint density at radius 2 is 2.04 bits per heavy atom. The second-order valence-electron chi connectivity index (χ2n) is 7.38. The van der Waals surface area contributed by atoms with Gasteiger partial charge in [-0.25, -0.2) is 4.98 Å². The zero-order valence-electron chi connectivity index (χ0n) is 15.4. The molecule has 1 fully saturated rings. The maximum atomic E-state index is 12.6. The first-order valence-corrected chi connectivity index (χ1v) is 9.61. The maximum absolute atomic E-state index is 12.6. The lowest BCUT2D eigenvalue weighted by molar-refractivity contribution is -0.130. The van der Waals surface area contributed by atoms with Gasteiger partial charge in [-0.1, -0.05) is 36.4 Å². The number of hydrogen-bond donors (Lipinski definition) is 2. The summed E-state index contributed by atoms with van der Waals surface area (Å²) in [4.78, 5) is 22.4. The Kier molecular flexibility index (Phi) is 5.21. The number of nitrogens with one attached hydrogen (secondary N) is 1. The van der Waals surface area contributed by atoms with Crippen molar-refractivity contribution in [2.24, 2.45) is 5.92 Å². The van der Waals surface area contributed by atoms with Crippen LogP contribution < -0.4 is 0 Å². The monoisotopic (exact) mass is 363 g/mol. The lowest BCUT2D eigenvalue weighted by Crippen LogP contribution is -2.29. The van der Waals surface area contributed by atoms with Gasteiger partial charge in [0.05, 0.1) is 17.6 Å². The third-order valence-corrected chi connectivity index (χ3v) is 5.35. The van der Waals surface area contributed by atoms with Gasteiger partial charge < -0.3 is 15.0 Å². The van der Waals surface area contributed by atoms with Crippen molar-refractivity contribution in [3.63, 3.8) is 0 Å². The highest BCUT2D eigenvalue weighted by Gasteiger charge is 2.26. The standard InChI is InChI=1S/C22H25N3O2/c26-15-18-5-3-4-16(13-18)12-17-10-11-25(14-17)22(27)9-8-21-23-19-6-1-2-7-20(19)24-21/h1-7,13,17,26H,8-12,14-15H2,(H,23,24)/t17-/m1/s1. The molecule has 0 radical (unpaired) electrons. The number of likely N-dealkylation sites (tertiary alicyclic amines) is 1. The summed E-state index contributed by atoms with van der Waals surface area (Å²) in [5.74, 6) is 1.58. The van der Waals surface area contributed by atoms with Crippen LogP contribution in [-0.4, -0.2) is 39.0 Å². The van der Waals surface area contributed by atoms with Crippen LogP contribution in [0.2, 0.25) is 0 Å². The smallest absolute Gasteiger partial charge is 0.223 e. The minimum Gasteiger partial charge on any atom is -0.392 e. The number of amides is 1. The van der Waals surface area contributed by atoms with E-state index in [1.54, 1.807) is 0 Å². The first-order chi connectivity index (χ1) is 13.2. The molecule has 5 heteroatoms. The van der Waals surface area contributed by atoms with Gasteiger partial charge in [-0.15, -0.1) is 0 Å². The van der Waals surface area contributed by atoms with Crippen LogP contribution >= 0.6 is 0 Å². The number of imidazole rings is 1. The van der Waals surface area contributed by atoms with Crippen molar-refractivity contribution in [1.29, 1.82) is 0 Å². The first-order valence-electron chi connectivity index (χ1n) is 9.61. The third-order valence-electron chi connectivity index (χ3n) is 5.35. The van der Waals surface area contributed by atoms with E-state index in [-0.39, 0.29) is 12.5 Å². The van der Waals surface area contributed by atoms with Crippen LogP contribution in [0.4, 0.5) is 0 Å². The predicted octanol–water partition coefficient (Wildman–Crippen LogP) is 3.08. The van der Waals surface area contributed by atoms with E-state index in [1.807, 2.05) is 41.3 Å². The van der Waals surface area contributed by atoms with Gasteiger partial charge >= 0.3 is 0 Å². The number of aryl methyl sites for hydroxylation is 1. The van der Waals surface area contributed by atoms with Gasteiger partial charge in [-0.05, 0) is 42.0 Å². The second kappa shape index (κ2) is 7.92. The molecule has 0 aliphatic carbocycles. The highest BCUT2D eigenvalue weighted by Crippen LogP contribution is 2.22. The van der Waals surface area contributed by atoms with Crippen LogP contribution in [0.15, 0.2) is 48.5 Å². The van der Waals surface area contributed by atoms with E-state index in [2.05, 4.69) is 22.1 Å². The number of carbonyl (C=O) groups excluding carboxylic acids is 1. The molecule has 1 atom stereocenters. The van der Waals surface area contributed by atoms with E-state index in [4.69, 9.17) is 0 Å². The summed E-state index contributed by atoms with van der Waals surface area (Å²) in [5, 5.41) is 9.28. The predicted molar refractivity (Wildman–Crippen MR) is 105 cm³/mol. The summed E-state index contributed by atoms with van der Waals surface area (Å²) in [6, 6.07) is 16.0. The summed E-state index contributed by atoms with van der Waals surface area (Å²) in [6.07, 6.45) is 3.14. The number of aliphatic hydroxyl groups is 1. The van der Waals surface area contributed by atoms with E-state index < -0.39 is 0 Å². The SMILES string of the molecule is O=C(CCc1nc2ccccc2[nH]1)N1CC[C@H](Cc2cccc(CO)c2)C1. The van der Waals surface area contributed by atoms with E-state index in [1.165, 1.54) is 5.56 Å². The lowest BCUT2D eigenvalue weighted by Gasteiger charge is -2.16. The average Bonchev–Trinajstić information content (AvgIpc) is 3.33. The quantitative estimate of drug-likeness (QED) is 0.707. The zero-order valence-corrected chi connectivity index (χ0v) is 15.4. The van der Waals surface area contributed by atoms with Gasteiger partial charge in [0.1, 0.15) is 5.82 Å². The van der Waals surface area contributed by atoms with Crippen molar-refractivity contribution in [3.05, 3.63) is 65.5 Å². The Labute approximate surface area is 159 Å². The minimum atomic E-state index is 0.0743. The molecular weight excluding hydrogens is 338 g/mol. The van der Waals surface area contributed by atoms with Gasteiger partial charge in [-0.2, -0.15) is 0 Å². The molecule has 0 unspecified atom stereocenters. The van der Waals surface area contributed by atoms with Gasteiger partial charge in [-0.3, -0.25) is 4.79 Å². The highest BCUT2D eigenvalue weighted by molar-refractivity contribution is 5.77. The fraction of sp³-hybridized carbons (Fsp3) is 0.364. The molecule has 1 aliphatic rings. The molecular formula is C22H25N3O2. The summed E-state index contributed by atoms with van der Waals surface area (Å²) in [7, 11) is 0. The van der Waals surface area contributed by atoms with Gasteiger partial charge in [0.15, 0.2) is 0 Å². The molecule has 1 aliphatic heterocycles. The second-order valence-corrected chi connectivity index (χ2v) is 7.38. The Morgan fingerprint density at radius 1 is 1.19 bits per heavy atom. The van der Waals surface area contributed by atoms with E-state index in [0.717, 1.165) is 48.4 Å². The van der Waals surface area contributed by atoms with Crippen LogP contribution in [0.1, 0.15) is 29.8 Å². The minimum absolute atomic E-state index is 0.0743. The molecule has 0 spiro atoms. The van der Waals surface area contributed by atoms with Crippen LogP contribution in [0.5, 0.6) is 0 Å². The fourth-order valence-electron chi connectivity index (χ4n) is 3.92. The molecule has 3 aromatic rings. The van der Waals surface area contributed by atoms with Gasteiger partial charge in [0.25, 0.3) is 0 Å². The van der Waals surface area contributed by atoms with Crippen molar-refractivity contribution in [3.8, 4) is 0 Å². The number of rotatable bonds is 6. The summed E-state index contributed by atoms with van der Waals surface area (Å²) < 4.78 is 0. The Hall–Kier alpha value is -2.66. The number of aromatic nitrogens is 2. The molecule has 140 valence electrons. The van der Waals surface area contributed by atoms with E-state index >= 15 is 0 Å². The Balaban J connectivity index is 1.29. The molecule has 2 aromatic carbocycles. The highest BCUT2D eigenvalue weighted by atomic mass is 16.3. The lowest BCUT2D eigenvalue weighted by atomic mass is 9.97. The first kappa shape index (κ1) is 17.7. The molecule has 1 aromatic heterocycles.